The van der Waals surface area contributed by atoms with Crippen LogP contribution in [0.4, 0.5) is 22.0 Å². The minimum absolute atomic E-state index is 0.0116. The molecule has 0 radical (unpaired) electrons. The lowest BCUT2D eigenvalue weighted by Gasteiger charge is -2.14. The van der Waals surface area contributed by atoms with Crippen molar-refractivity contribution in [2.75, 3.05) is 68.9 Å². The van der Waals surface area contributed by atoms with Gasteiger partial charge < -0.3 is 91.7 Å². The Bertz CT molecular complexity index is 4720. The first-order chi connectivity index (χ1) is 53.4. The van der Waals surface area contributed by atoms with Crippen molar-refractivity contribution in [2.45, 2.75) is 85.7 Å². The molecule has 0 bridgehead atoms. The molecule has 8 rings (SSSR count). The van der Waals surface area contributed by atoms with Gasteiger partial charge in [0, 0.05) is 107 Å². The van der Waals surface area contributed by atoms with E-state index in [1.165, 1.54) is 108 Å². The zero-order valence-electron chi connectivity index (χ0n) is 63.0. The zero-order valence-corrected chi connectivity index (χ0v) is 66.7. The molecule has 14 N–H and O–H groups in total. The Morgan fingerprint density at radius 2 is 1.00 bits per heavy atom. The smallest absolute Gasteiger partial charge is 0.396 e. The number of rotatable bonds is 23. The molecule has 1 aliphatic rings. The van der Waals surface area contributed by atoms with E-state index in [0.717, 1.165) is 47.7 Å². The Balaban J connectivity index is 0.000000672. The van der Waals surface area contributed by atoms with E-state index >= 15 is 0 Å². The number of H-pyrrole nitrogens is 1. The van der Waals surface area contributed by atoms with Gasteiger partial charge in [0.1, 0.15) is 29.1 Å². The lowest BCUT2D eigenvalue weighted by atomic mass is 9.99. The molecule has 35 nitrogen and oxygen atoms in total. The molecule has 42 heteroatoms. The maximum Gasteiger partial charge on any atom is 0.396 e. The molecule has 2 aromatic heterocycles. The van der Waals surface area contributed by atoms with Crippen LogP contribution in [-0.2, 0) is 68.3 Å². The molecule has 5 aromatic carbocycles. The number of aromatic carboxylic acids is 4. The van der Waals surface area contributed by atoms with Crippen LogP contribution in [0, 0.1) is 67.3 Å². The average Bonchev–Trinajstić information content (AvgIpc) is 1.21. The van der Waals surface area contributed by atoms with Crippen LogP contribution >= 0.6 is 38.5 Å². The quantitative estimate of drug-likeness (QED) is 0.0135. The number of carboxylic acid groups (broad SMARTS) is 4. The van der Waals surface area contributed by atoms with Crippen LogP contribution in [0.5, 0.6) is 0 Å². The fourth-order valence-electron chi connectivity index (χ4n) is 8.12. The monoisotopic (exact) mass is 1790 g/mol. The largest absolute Gasteiger partial charge is 0.478 e. The van der Waals surface area contributed by atoms with Crippen molar-refractivity contribution in [3.8, 4) is 11.4 Å². The maximum absolute atomic E-state index is 14.1. The first-order valence-electron chi connectivity index (χ1n) is 32.6. The third-order valence-electron chi connectivity index (χ3n) is 14.8. The van der Waals surface area contributed by atoms with Crippen LogP contribution in [0.3, 0.4) is 0 Å². The van der Waals surface area contributed by atoms with Gasteiger partial charge in [-0.05, 0) is 176 Å². The maximum atomic E-state index is 14.1. The molecule has 0 saturated heterocycles. The number of nitrogens with two attached hydrogens (primary N) is 3. The van der Waals surface area contributed by atoms with Crippen LogP contribution in [0.1, 0.15) is 105 Å². The number of nitrogens with one attached hydrogen (secondary N) is 4. The third-order valence-corrected chi connectivity index (χ3v) is 16.5. The number of ether oxygens (including phenoxy) is 7. The molecule has 1 saturated carbocycles. The Morgan fingerprint density at radius 3 is 1.41 bits per heavy atom. The van der Waals surface area contributed by atoms with E-state index in [1.54, 1.807) is 41.9 Å². The number of primary amides is 2. The van der Waals surface area contributed by atoms with Gasteiger partial charge in [-0.25, -0.2) is 50.9 Å². The van der Waals surface area contributed by atoms with Gasteiger partial charge in [-0.1, -0.05) is 6.07 Å². The minimum atomic E-state index is -1.32. The topological polar surface area (TPSA) is 537 Å². The molecule has 2 heterocycles. The Hall–Kier alpha value is -11.4. The van der Waals surface area contributed by atoms with Crippen molar-refractivity contribution in [1.82, 2.24) is 35.1 Å². The van der Waals surface area contributed by atoms with Crippen LogP contribution in [0.25, 0.3) is 11.4 Å². The minimum Gasteiger partial charge on any atom is -0.478 e. The number of carbonyl (C=O) groups is 11. The Kier molecular flexibility index (Phi) is 44.6. The van der Waals surface area contributed by atoms with Gasteiger partial charge in [-0.3, -0.25) is 52.3 Å². The van der Waals surface area contributed by atoms with Crippen LogP contribution < -0.4 is 49.8 Å². The van der Waals surface area contributed by atoms with E-state index in [4.69, 9.17) is 54.6 Å². The van der Waals surface area contributed by atoms with Crippen LogP contribution in [0.15, 0.2) is 111 Å². The number of aryl methyl sites for hydroxylation is 1. The second-order valence-corrected chi connectivity index (χ2v) is 24.6. The summed E-state index contributed by atoms with van der Waals surface area (Å²) in [5.41, 5.74) is 13.7. The zero-order chi connectivity index (χ0) is 87.1. The number of halogens is 7. The molecule has 0 spiro atoms. The van der Waals surface area contributed by atoms with Crippen LogP contribution in [-0.4, -0.2) is 199 Å². The Labute approximate surface area is 667 Å². The first kappa shape index (κ1) is 101. The standard InChI is InChI=1S/C15H13BrFN3O2.C15H18FNO6.C12H9FN2O4.C8H6FIO2.C8H7FO2.C6H12N2O4.C4H7NO3.C4H11NO2/c1-8-11(17)6-9(14(21)19-10-2-3-10)7-12(8)20-5-4-18-13(16)15(20)22;1-8-9(4-10(15(20)21)5-11(8)16)6-12(18)14(19)17-7-13(22-2)23-3;1-6-8(13)4-7(12(18)19)5-9(6)15-3-2-14-10(16)11(15)17;1-4-6(9)2-5(8(11)12)3-7(4)10;1-5-2-3-6(8(10)11)4-7(5)9;1-11-4(12-2)3-8-6(10)5(7)9;1-2-8-4(7)3(5)6;1-6-4(3-5)7-2/h4-7,10H,2-3H2,1H3,(H,19,21);4-5,13H,6-7H2,1-3H3,(H,17,19)(H,20,21);2-5H,1H3,(H,14,16)(H,18,19);2-3H,1H3,(H,11,12);2-4H,1H3,(H,10,11);4H,3H2,1-2H3,(H2,7,9)(H,8,10);2H2,1H3,(H2,5,6);4H,3,5H2,1-2H3. The summed E-state index contributed by atoms with van der Waals surface area (Å²) in [4.78, 5) is 160. The number of hydrogen-bond donors (Lipinski definition) is 11. The van der Waals surface area contributed by atoms with Crippen molar-refractivity contribution in [3.63, 3.8) is 0 Å². The van der Waals surface area contributed by atoms with Gasteiger partial charge in [0.05, 0.1) is 53.3 Å². The lowest BCUT2D eigenvalue weighted by molar-refractivity contribution is -0.153. The summed E-state index contributed by atoms with van der Waals surface area (Å²) in [6.45, 7) is 9.82. The highest BCUT2D eigenvalue weighted by Crippen LogP contribution is 2.24. The van der Waals surface area contributed by atoms with Gasteiger partial charge in [-0.2, -0.15) is 0 Å². The molecule has 1 aliphatic carbocycles. The molecular weight excluding hydrogens is 1710 g/mol. The number of carbonyl (C=O) groups excluding carboxylic acids is 7. The highest BCUT2D eigenvalue weighted by Gasteiger charge is 2.26. The fourth-order valence-corrected chi connectivity index (χ4v) is 9.02. The summed E-state index contributed by atoms with van der Waals surface area (Å²) in [6.07, 6.45) is 5.32. The van der Waals surface area contributed by atoms with E-state index in [0.29, 0.717) is 32.5 Å². The SMILES string of the molecule is CCOC(=O)C(N)=O.COC(CN)OC.COC(CNC(=O)C(=O)Cc1cc(C(=O)O)cc(F)c1C)OC.COC(CNC(=O)C(N)=O)OC.Cc1c(F)cc(C(=O)NC2CC2)cc1-n1ccnc(Br)c1=O.Cc1c(F)cc(C(=O)O)cc1-n1cc[nH]c(=O)c1=O.Cc1c(F)cc(C(=O)O)cc1I.Cc1ccc(C(=O)O)cc1F. The molecule has 0 aliphatic heterocycles. The van der Waals surface area contributed by atoms with Gasteiger partial charge in [-0.15, -0.1) is 0 Å². The number of hydrogen-bond acceptors (Lipinski definition) is 23. The highest BCUT2D eigenvalue weighted by atomic mass is 127. The number of esters is 1. The highest BCUT2D eigenvalue weighted by molar-refractivity contribution is 14.1. The number of carboxylic acids is 4. The molecule has 620 valence electrons. The number of aromatic amines is 1. The van der Waals surface area contributed by atoms with Crippen molar-refractivity contribution in [1.29, 1.82) is 0 Å². The summed E-state index contributed by atoms with van der Waals surface area (Å²) >= 11 is 4.96. The molecule has 5 amide bonds. The number of benzene rings is 5. The lowest BCUT2D eigenvalue weighted by Crippen LogP contribution is -2.41. The summed E-state index contributed by atoms with van der Waals surface area (Å²) in [7, 11) is 8.72. The number of amides is 5. The van der Waals surface area contributed by atoms with Gasteiger partial charge >= 0.3 is 58.7 Å². The predicted octanol–water partition coefficient (Wildman–Crippen LogP) is 4.76. The van der Waals surface area contributed by atoms with E-state index in [2.05, 4.69) is 58.1 Å². The first-order valence-corrected chi connectivity index (χ1v) is 34.4. The summed E-state index contributed by atoms with van der Waals surface area (Å²) in [6, 6.07) is 13.2. The van der Waals surface area contributed by atoms with Gasteiger partial charge in [0.15, 0.2) is 23.5 Å². The molecule has 7 aromatic rings. The van der Waals surface area contributed by atoms with Crippen LogP contribution in [0.2, 0.25) is 0 Å². The van der Waals surface area contributed by atoms with Gasteiger partial charge in [0.2, 0.25) is 5.78 Å². The van der Waals surface area contributed by atoms with Crippen molar-refractivity contribution in [3.05, 3.63) is 221 Å². The van der Waals surface area contributed by atoms with E-state index in [-0.39, 0.29) is 92.7 Å². The number of methoxy groups -OCH3 is 6. The van der Waals surface area contributed by atoms with E-state index in [9.17, 15) is 89.1 Å². The molecule has 1 fully saturated rings. The van der Waals surface area contributed by atoms with Crippen molar-refractivity contribution < 1.29 is 128 Å². The molecule has 0 unspecified atom stereocenters. The normalized spacial score (nSPS) is 10.8. The van der Waals surface area contributed by atoms with Crippen molar-refractivity contribution >= 4 is 104 Å². The molecule has 0 atom stereocenters. The number of Topliss-reactive ketones (excluding diaryl/α,β-unsaturated/α-hetero) is 1. The molecule has 114 heavy (non-hydrogen) atoms. The van der Waals surface area contributed by atoms with E-state index < -0.39 is 124 Å². The summed E-state index contributed by atoms with van der Waals surface area (Å²) < 4.78 is 103. The number of nitrogens with zero attached hydrogens (tertiary/aromatic N) is 3. The fraction of sp³-hybridized carbons (Fsp3) is 0.319. The summed E-state index contributed by atoms with van der Waals surface area (Å²) in [5, 5.41) is 42.1. The predicted molar refractivity (Wildman–Crippen MR) is 406 cm³/mol. The Morgan fingerprint density at radius 1 is 0.570 bits per heavy atom. The van der Waals surface area contributed by atoms with Crippen molar-refractivity contribution in [2.24, 2.45) is 17.2 Å². The second-order valence-electron chi connectivity index (χ2n) is 22.7. The molecular formula is C72H83BrF5IN10O25. The number of aromatic nitrogens is 4. The average molecular weight is 1790 g/mol. The summed E-state index contributed by atoms with van der Waals surface area (Å²) in [5.74, 6) is -13.8. The third kappa shape index (κ3) is 33.9. The van der Waals surface area contributed by atoms with Gasteiger partial charge in [0.25, 0.3) is 17.4 Å². The number of ketones is 1. The second kappa shape index (κ2) is 50.6. The van der Waals surface area contributed by atoms with E-state index in [1.807, 2.05) is 22.6 Å².